The first-order valence-electron chi connectivity index (χ1n) is 12.0. The molecule has 0 bridgehead atoms. The van der Waals surface area contributed by atoms with Crippen molar-refractivity contribution < 1.29 is 31.5 Å². The summed E-state index contributed by atoms with van der Waals surface area (Å²) in [6.45, 7) is 5.49. The largest absolute Gasteiger partial charge is 0.497 e. The highest BCUT2D eigenvalue weighted by molar-refractivity contribution is 7.92. The van der Waals surface area contributed by atoms with E-state index in [0.717, 1.165) is 34.7 Å². The van der Waals surface area contributed by atoms with Crippen LogP contribution in [0.5, 0.6) is 5.75 Å². The summed E-state index contributed by atoms with van der Waals surface area (Å²) in [5.74, 6) is -2.25. The number of ether oxygens (including phenoxy) is 1. The molecule has 0 aromatic heterocycles. The molecular weight excluding hydrogens is 504 g/mol. The van der Waals surface area contributed by atoms with Gasteiger partial charge >= 0.3 is 0 Å². The zero-order valence-electron chi connectivity index (χ0n) is 21.8. The Labute approximate surface area is 217 Å². The van der Waals surface area contributed by atoms with E-state index < -0.39 is 27.7 Å². The normalized spacial score (nSPS) is 12.9. The Hall–Kier alpha value is -3.21. The van der Waals surface area contributed by atoms with Crippen molar-refractivity contribution in [3.8, 4) is 5.75 Å². The Morgan fingerprint density at radius 1 is 1.05 bits per heavy atom. The molecule has 204 valence electrons. The molecule has 8 nitrogen and oxygen atoms in total. The Morgan fingerprint density at radius 3 is 2.24 bits per heavy atom. The first-order valence-corrected chi connectivity index (χ1v) is 13.9. The standard InChI is InChI=1S/C26H35F2N3O5S/c1-6-18(2)29-26(33)19(3)30(17-20-9-12-22(36-4)13-10-20)25(32)8-7-15-31(37(5,34)35)21-11-14-23(27)24(28)16-21/h9-14,16,18-19H,6-8,15,17H2,1-5H3,(H,29,33)/t18-,19+/m0/s1. The summed E-state index contributed by atoms with van der Waals surface area (Å²) in [5.41, 5.74) is 0.752. The molecule has 0 aliphatic heterocycles. The number of carbonyl (C=O) groups is 2. The number of sulfonamides is 1. The Bertz CT molecular complexity index is 1180. The summed E-state index contributed by atoms with van der Waals surface area (Å²) in [4.78, 5) is 27.6. The van der Waals surface area contributed by atoms with Gasteiger partial charge in [-0.05, 0) is 56.5 Å². The monoisotopic (exact) mass is 539 g/mol. The average Bonchev–Trinajstić information content (AvgIpc) is 2.85. The molecule has 0 aliphatic carbocycles. The van der Waals surface area contributed by atoms with Crippen LogP contribution in [0, 0.1) is 11.6 Å². The third-order valence-corrected chi connectivity index (χ3v) is 7.22. The molecule has 2 rings (SSSR count). The minimum Gasteiger partial charge on any atom is -0.497 e. The van der Waals surface area contributed by atoms with Crippen LogP contribution in [0.1, 0.15) is 45.6 Å². The number of hydrogen-bond acceptors (Lipinski definition) is 5. The molecule has 0 heterocycles. The van der Waals surface area contributed by atoms with Crippen LogP contribution >= 0.6 is 0 Å². The van der Waals surface area contributed by atoms with E-state index in [1.165, 1.54) is 11.0 Å². The molecule has 0 fully saturated rings. The van der Waals surface area contributed by atoms with E-state index in [1.54, 1.807) is 38.3 Å². The molecule has 0 saturated carbocycles. The van der Waals surface area contributed by atoms with E-state index in [9.17, 15) is 26.8 Å². The van der Waals surface area contributed by atoms with Gasteiger partial charge in [0.25, 0.3) is 0 Å². The summed E-state index contributed by atoms with van der Waals surface area (Å²) in [6, 6.07) is 9.09. The zero-order valence-corrected chi connectivity index (χ0v) is 22.6. The lowest BCUT2D eigenvalue weighted by Crippen LogP contribution is -2.49. The minimum atomic E-state index is -3.82. The van der Waals surface area contributed by atoms with Crippen LogP contribution in [-0.2, 0) is 26.2 Å². The number of rotatable bonds is 13. The maximum absolute atomic E-state index is 13.7. The van der Waals surface area contributed by atoms with E-state index in [0.29, 0.717) is 5.75 Å². The highest BCUT2D eigenvalue weighted by atomic mass is 32.2. The van der Waals surface area contributed by atoms with Crippen molar-refractivity contribution in [1.82, 2.24) is 10.2 Å². The first-order chi connectivity index (χ1) is 17.4. The van der Waals surface area contributed by atoms with Gasteiger partial charge in [0.1, 0.15) is 11.8 Å². The average molecular weight is 540 g/mol. The number of hydrogen-bond donors (Lipinski definition) is 1. The number of amides is 2. The number of nitrogens with zero attached hydrogens (tertiary/aromatic N) is 2. The number of carbonyl (C=O) groups excluding carboxylic acids is 2. The number of benzene rings is 2. The van der Waals surface area contributed by atoms with Gasteiger partial charge in [-0.3, -0.25) is 13.9 Å². The Balaban J connectivity index is 2.19. The highest BCUT2D eigenvalue weighted by Crippen LogP contribution is 2.22. The molecule has 1 N–H and O–H groups in total. The summed E-state index contributed by atoms with van der Waals surface area (Å²) in [6.07, 6.45) is 1.72. The molecule has 2 amide bonds. The molecule has 2 aromatic carbocycles. The predicted octanol–water partition coefficient (Wildman–Crippen LogP) is 3.85. The van der Waals surface area contributed by atoms with Gasteiger partial charge in [0.05, 0.1) is 19.1 Å². The zero-order chi connectivity index (χ0) is 27.8. The molecule has 0 aliphatic rings. The maximum Gasteiger partial charge on any atom is 0.242 e. The van der Waals surface area contributed by atoms with E-state index in [1.807, 2.05) is 13.8 Å². The maximum atomic E-state index is 13.7. The number of anilines is 1. The Kier molecular flexibility index (Phi) is 10.8. The van der Waals surface area contributed by atoms with Gasteiger partial charge in [0.2, 0.25) is 21.8 Å². The molecule has 0 spiro atoms. The number of halogens is 2. The summed E-state index contributed by atoms with van der Waals surface area (Å²) >= 11 is 0. The van der Waals surface area contributed by atoms with Crippen LogP contribution < -0.4 is 14.4 Å². The summed E-state index contributed by atoms with van der Waals surface area (Å²) < 4.78 is 57.8. The first kappa shape index (κ1) is 30.0. The fourth-order valence-electron chi connectivity index (χ4n) is 3.62. The van der Waals surface area contributed by atoms with Gasteiger partial charge in [-0.15, -0.1) is 0 Å². The van der Waals surface area contributed by atoms with Crippen molar-refractivity contribution in [2.24, 2.45) is 0 Å². The predicted molar refractivity (Wildman–Crippen MR) is 139 cm³/mol. The van der Waals surface area contributed by atoms with Crippen LogP contribution in [0.4, 0.5) is 14.5 Å². The molecular formula is C26H35F2N3O5S. The highest BCUT2D eigenvalue weighted by Gasteiger charge is 2.27. The fourth-order valence-corrected chi connectivity index (χ4v) is 4.58. The van der Waals surface area contributed by atoms with Gasteiger partial charge in [0, 0.05) is 31.6 Å². The van der Waals surface area contributed by atoms with Crippen molar-refractivity contribution in [2.45, 2.75) is 58.7 Å². The molecule has 11 heteroatoms. The van der Waals surface area contributed by atoms with Crippen LogP contribution in [0.2, 0.25) is 0 Å². The van der Waals surface area contributed by atoms with Crippen LogP contribution in [0.3, 0.4) is 0 Å². The van der Waals surface area contributed by atoms with E-state index in [2.05, 4.69) is 5.32 Å². The van der Waals surface area contributed by atoms with Gasteiger partial charge < -0.3 is 15.0 Å². The second-order valence-corrected chi connectivity index (χ2v) is 10.8. The second-order valence-electron chi connectivity index (χ2n) is 8.90. The molecule has 2 atom stereocenters. The lowest BCUT2D eigenvalue weighted by atomic mass is 10.1. The molecule has 0 saturated heterocycles. The third-order valence-electron chi connectivity index (χ3n) is 6.02. The van der Waals surface area contributed by atoms with Crippen molar-refractivity contribution >= 4 is 27.5 Å². The van der Waals surface area contributed by atoms with Crippen molar-refractivity contribution in [1.29, 1.82) is 0 Å². The smallest absolute Gasteiger partial charge is 0.242 e. The topological polar surface area (TPSA) is 96.0 Å². The minimum absolute atomic E-state index is 0.0368. The van der Waals surface area contributed by atoms with Gasteiger partial charge in [0.15, 0.2) is 11.6 Å². The van der Waals surface area contributed by atoms with Gasteiger partial charge in [-0.2, -0.15) is 0 Å². The number of nitrogens with one attached hydrogen (secondary N) is 1. The SMILES string of the molecule is CC[C@H](C)NC(=O)[C@@H](C)N(Cc1ccc(OC)cc1)C(=O)CCCN(c1ccc(F)c(F)c1)S(C)(=O)=O. The summed E-state index contributed by atoms with van der Waals surface area (Å²) in [5, 5.41) is 2.89. The van der Waals surface area contributed by atoms with Gasteiger partial charge in [-0.25, -0.2) is 17.2 Å². The Morgan fingerprint density at radius 2 is 1.70 bits per heavy atom. The van der Waals surface area contributed by atoms with Gasteiger partial charge in [-0.1, -0.05) is 19.1 Å². The van der Waals surface area contributed by atoms with Crippen LogP contribution in [0.15, 0.2) is 42.5 Å². The summed E-state index contributed by atoms with van der Waals surface area (Å²) in [7, 11) is -2.28. The third kappa shape index (κ3) is 8.70. The van der Waals surface area contributed by atoms with E-state index >= 15 is 0 Å². The lowest BCUT2D eigenvalue weighted by molar-refractivity contribution is -0.140. The van der Waals surface area contributed by atoms with E-state index in [-0.39, 0.29) is 49.5 Å². The second kappa shape index (κ2) is 13.4. The van der Waals surface area contributed by atoms with E-state index in [4.69, 9.17) is 4.74 Å². The lowest BCUT2D eigenvalue weighted by Gasteiger charge is -2.30. The van der Waals surface area contributed by atoms with Crippen LogP contribution in [-0.4, -0.2) is 57.1 Å². The van der Waals surface area contributed by atoms with Crippen molar-refractivity contribution in [2.75, 3.05) is 24.2 Å². The number of methoxy groups -OCH3 is 1. The van der Waals surface area contributed by atoms with Crippen LogP contribution in [0.25, 0.3) is 0 Å². The fraction of sp³-hybridized carbons (Fsp3) is 0.462. The van der Waals surface area contributed by atoms with Crippen molar-refractivity contribution in [3.63, 3.8) is 0 Å². The molecule has 37 heavy (non-hydrogen) atoms. The van der Waals surface area contributed by atoms with Crippen molar-refractivity contribution in [3.05, 3.63) is 59.7 Å². The molecule has 0 radical (unpaired) electrons. The quantitative estimate of drug-likeness (QED) is 0.417. The molecule has 0 unspecified atom stereocenters. The molecule has 2 aromatic rings.